The van der Waals surface area contributed by atoms with Gasteiger partial charge in [0.15, 0.2) is 0 Å². The third kappa shape index (κ3) is 4.21. The van der Waals surface area contributed by atoms with Crippen LogP contribution in [0.4, 0.5) is 0 Å². The molecule has 0 aromatic heterocycles. The summed E-state index contributed by atoms with van der Waals surface area (Å²) in [5, 5.41) is 2.94. The second-order valence-electron chi connectivity index (χ2n) is 8.25. The van der Waals surface area contributed by atoms with Crippen molar-refractivity contribution in [1.29, 1.82) is 0 Å². The first-order chi connectivity index (χ1) is 14.0. The summed E-state index contributed by atoms with van der Waals surface area (Å²) < 4.78 is 5.56. The van der Waals surface area contributed by atoms with Crippen molar-refractivity contribution in [3.63, 3.8) is 0 Å². The summed E-state index contributed by atoms with van der Waals surface area (Å²) in [6, 6.07) is 5.31. The van der Waals surface area contributed by atoms with Crippen LogP contribution in [-0.2, 0) is 4.74 Å². The van der Waals surface area contributed by atoms with Gasteiger partial charge in [0, 0.05) is 31.3 Å². The van der Waals surface area contributed by atoms with Gasteiger partial charge in [0.1, 0.15) is 0 Å². The van der Waals surface area contributed by atoms with Crippen LogP contribution in [0.3, 0.4) is 0 Å². The van der Waals surface area contributed by atoms with E-state index in [1.165, 1.54) is 24.2 Å². The highest BCUT2D eigenvalue weighted by atomic mass is 16.5. The van der Waals surface area contributed by atoms with Crippen molar-refractivity contribution in [2.24, 2.45) is 0 Å². The van der Waals surface area contributed by atoms with Crippen LogP contribution >= 0.6 is 0 Å². The van der Waals surface area contributed by atoms with E-state index in [0.29, 0.717) is 35.9 Å². The zero-order valence-electron chi connectivity index (χ0n) is 17.0. The molecule has 2 atom stereocenters. The second-order valence-corrected chi connectivity index (χ2v) is 8.25. The van der Waals surface area contributed by atoms with Crippen LogP contribution in [0.1, 0.15) is 70.1 Å². The van der Waals surface area contributed by atoms with E-state index in [-0.39, 0.29) is 30.4 Å². The van der Waals surface area contributed by atoms with Crippen LogP contribution < -0.4 is 5.32 Å². The fourth-order valence-corrected chi connectivity index (χ4v) is 4.49. The van der Waals surface area contributed by atoms with Gasteiger partial charge in [0.05, 0.1) is 23.8 Å². The maximum Gasteiger partial charge on any atom is 0.261 e. The second kappa shape index (κ2) is 8.63. The maximum absolute atomic E-state index is 12.7. The molecule has 7 nitrogen and oxygen atoms in total. The topological polar surface area (TPSA) is 79.0 Å². The van der Waals surface area contributed by atoms with E-state index in [4.69, 9.17) is 4.74 Å². The number of benzene rings is 1. The van der Waals surface area contributed by atoms with Crippen molar-refractivity contribution in [3.8, 4) is 0 Å². The van der Waals surface area contributed by atoms with E-state index in [2.05, 4.69) is 17.1 Å². The largest absolute Gasteiger partial charge is 0.376 e. The standard InChI is InChI=1S/C22H29N3O4/c1-15-5-2-3-10-24(15)11-9-23-20(26)16-7-8-18-19(13-16)22(28)25(21(18)27)14-17-6-4-12-29-17/h7-8,13,15,17H,2-6,9-12,14H2,1H3,(H,23,26). The molecule has 3 aliphatic rings. The lowest BCUT2D eigenvalue weighted by molar-refractivity contribution is 0.0475. The molecule has 4 rings (SSSR count). The summed E-state index contributed by atoms with van der Waals surface area (Å²) in [7, 11) is 0. The molecule has 0 spiro atoms. The highest BCUT2D eigenvalue weighted by molar-refractivity contribution is 6.22. The zero-order valence-corrected chi connectivity index (χ0v) is 17.0. The Balaban J connectivity index is 1.37. The average Bonchev–Trinajstić information content (AvgIpc) is 3.32. The van der Waals surface area contributed by atoms with Crippen LogP contribution in [0, 0.1) is 0 Å². The molecule has 0 bridgehead atoms. The summed E-state index contributed by atoms with van der Waals surface area (Å²) in [4.78, 5) is 41.5. The summed E-state index contributed by atoms with van der Waals surface area (Å²) >= 11 is 0. The number of rotatable bonds is 6. The van der Waals surface area contributed by atoms with Crippen molar-refractivity contribution in [3.05, 3.63) is 34.9 Å². The minimum absolute atomic E-state index is 0.0860. The molecular weight excluding hydrogens is 370 g/mol. The van der Waals surface area contributed by atoms with Gasteiger partial charge in [0.2, 0.25) is 0 Å². The lowest BCUT2D eigenvalue weighted by Gasteiger charge is -2.33. The summed E-state index contributed by atoms with van der Waals surface area (Å²) in [6.45, 7) is 5.65. The summed E-state index contributed by atoms with van der Waals surface area (Å²) in [5.41, 5.74) is 1.09. The molecule has 3 aliphatic heterocycles. The number of fused-ring (bicyclic) bond motifs is 1. The predicted molar refractivity (Wildman–Crippen MR) is 108 cm³/mol. The van der Waals surface area contributed by atoms with Gasteiger partial charge in [-0.25, -0.2) is 0 Å². The number of carbonyl (C=O) groups excluding carboxylic acids is 3. The van der Waals surface area contributed by atoms with Gasteiger partial charge in [-0.2, -0.15) is 0 Å². The highest BCUT2D eigenvalue weighted by Gasteiger charge is 2.37. The molecule has 1 N–H and O–H groups in total. The van der Waals surface area contributed by atoms with Gasteiger partial charge < -0.3 is 10.1 Å². The smallest absolute Gasteiger partial charge is 0.261 e. The number of amides is 3. The van der Waals surface area contributed by atoms with Gasteiger partial charge in [-0.15, -0.1) is 0 Å². The number of piperidine rings is 1. The molecule has 0 saturated carbocycles. The molecule has 29 heavy (non-hydrogen) atoms. The molecule has 1 aromatic carbocycles. The van der Waals surface area contributed by atoms with Crippen LogP contribution in [0.25, 0.3) is 0 Å². The first-order valence-corrected chi connectivity index (χ1v) is 10.7. The number of ether oxygens (including phenoxy) is 1. The quantitative estimate of drug-likeness (QED) is 0.741. The number of hydrogen-bond donors (Lipinski definition) is 1. The SMILES string of the molecule is CC1CCCCN1CCNC(=O)c1ccc2c(c1)C(=O)N(CC1CCCO1)C2=O. The average molecular weight is 399 g/mol. The minimum Gasteiger partial charge on any atom is -0.376 e. The first kappa shape index (κ1) is 20.0. The van der Waals surface area contributed by atoms with Gasteiger partial charge in [-0.05, 0) is 57.4 Å². The van der Waals surface area contributed by atoms with E-state index >= 15 is 0 Å². The Morgan fingerprint density at radius 3 is 2.72 bits per heavy atom. The van der Waals surface area contributed by atoms with Crippen LogP contribution in [0.15, 0.2) is 18.2 Å². The Labute approximate surface area is 171 Å². The van der Waals surface area contributed by atoms with Gasteiger partial charge in [-0.3, -0.25) is 24.2 Å². The molecule has 1 aromatic rings. The number of imide groups is 1. The summed E-state index contributed by atoms with van der Waals surface area (Å²) in [5.74, 6) is -0.848. The Kier molecular flexibility index (Phi) is 5.96. The number of likely N-dealkylation sites (tertiary alicyclic amines) is 1. The van der Waals surface area contributed by atoms with E-state index in [1.807, 2.05) is 0 Å². The Bertz CT molecular complexity index is 803. The number of nitrogens with zero attached hydrogens (tertiary/aromatic N) is 2. The van der Waals surface area contributed by atoms with Crippen molar-refractivity contribution in [2.75, 3.05) is 32.8 Å². The van der Waals surface area contributed by atoms with Crippen molar-refractivity contribution in [1.82, 2.24) is 15.1 Å². The Morgan fingerprint density at radius 1 is 1.14 bits per heavy atom. The van der Waals surface area contributed by atoms with Gasteiger partial charge in [-0.1, -0.05) is 6.42 Å². The number of hydrogen-bond acceptors (Lipinski definition) is 5. The van der Waals surface area contributed by atoms with E-state index in [1.54, 1.807) is 18.2 Å². The summed E-state index contributed by atoms with van der Waals surface area (Å²) in [6.07, 6.45) is 5.41. The van der Waals surface area contributed by atoms with Crippen LogP contribution in [-0.4, -0.2) is 72.5 Å². The normalized spacial score (nSPS) is 24.8. The molecule has 2 saturated heterocycles. The number of carbonyl (C=O) groups is 3. The molecule has 0 radical (unpaired) electrons. The van der Waals surface area contributed by atoms with Crippen molar-refractivity contribution in [2.45, 2.75) is 51.2 Å². The first-order valence-electron chi connectivity index (χ1n) is 10.7. The van der Waals surface area contributed by atoms with E-state index in [9.17, 15) is 14.4 Å². The molecule has 2 fully saturated rings. The lowest BCUT2D eigenvalue weighted by atomic mass is 10.0. The fraction of sp³-hybridized carbons (Fsp3) is 0.591. The van der Waals surface area contributed by atoms with Crippen molar-refractivity contribution < 1.29 is 19.1 Å². The molecular formula is C22H29N3O4. The molecule has 3 heterocycles. The van der Waals surface area contributed by atoms with Crippen LogP contribution in [0.5, 0.6) is 0 Å². The van der Waals surface area contributed by atoms with E-state index < -0.39 is 0 Å². The molecule has 7 heteroatoms. The third-order valence-corrected chi connectivity index (χ3v) is 6.27. The predicted octanol–water partition coefficient (Wildman–Crippen LogP) is 2.07. The third-order valence-electron chi connectivity index (χ3n) is 6.27. The monoisotopic (exact) mass is 399 g/mol. The van der Waals surface area contributed by atoms with E-state index in [0.717, 1.165) is 25.9 Å². The minimum atomic E-state index is -0.336. The fourth-order valence-electron chi connectivity index (χ4n) is 4.49. The Hall–Kier alpha value is -2.25. The molecule has 3 amide bonds. The molecule has 2 unspecified atom stereocenters. The Morgan fingerprint density at radius 2 is 1.97 bits per heavy atom. The maximum atomic E-state index is 12.7. The molecule has 0 aliphatic carbocycles. The van der Waals surface area contributed by atoms with Crippen LogP contribution in [0.2, 0.25) is 0 Å². The van der Waals surface area contributed by atoms with Crippen molar-refractivity contribution >= 4 is 17.7 Å². The van der Waals surface area contributed by atoms with Gasteiger partial charge in [0.25, 0.3) is 17.7 Å². The number of nitrogens with one attached hydrogen (secondary N) is 1. The lowest BCUT2D eigenvalue weighted by Crippen LogP contribution is -2.42. The highest BCUT2D eigenvalue weighted by Crippen LogP contribution is 2.26. The molecule has 156 valence electrons. The van der Waals surface area contributed by atoms with Gasteiger partial charge >= 0.3 is 0 Å². The zero-order chi connectivity index (χ0) is 20.4.